The Balaban J connectivity index is 1.45. The van der Waals surface area contributed by atoms with E-state index in [0.717, 1.165) is 18.0 Å². The van der Waals surface area contributed by atoms with Gasteiger partial charge < -0.3 is 10.6 Å². The Kier molecular flexibility index (Phi) is 6.84. The average Bonchev–Trinajstić information content (AvgIpc) is 2.67. The third kappa shape index (κ3) is 5.55. The standard InChI is InChI=1S/C20H21N3O2S2/c24-18-7-4-8-19(25)23(18)16-11-9-15(10-12-16)22-20(26)21-13-14-27-17-5-2-1-3-6-17/h1-3,5-6,9-12H,4,7-8,13-14H2,(H2,21,22,26). The van der Waals surface area contributed by atoms with Crippen LogP contribution in [0.2, 0.25) is 0 Å². The quantitative estimate of drug-likeness (QED) is 0.333. The lowest BCUT2D eigenvalue weighted by Gasteiger charge is -2.25. The minimum absolute atomic E-state index is 0.139. The molecule has 2 N–H and O–H groups in total. The number of piperidine rings is 1. The molecule has 0 spiro atoms. The summed E-state index contributed by atoms with van der Waals surface area (Å²) in [4.78, 5) is 26.4. The summed E-state index contributed by atoms with van der Waals surface area (Å²) in [6.07, 6.45) is 1.47. The second kappa shape index (κ2) is 9.53. The van der Waals surface area contributed by atoms with E-state index in [9.17, 15) is 9.59 Å². The number of thioether (sulfide) groups is 1. The lowest BCUT2D eigenvalue weighted by Crippen LogP contribution is -2.40. The van der Waals surface area contributed by atoms with Crippen LogP contribution >= 0.6 is 24.0 Å². The summed E-state index contributed by atoms with van der Waals surface area (Å²) in [6.45, 7) is 0.750. The van der Waals surface area contributed by atoms with E-state index in [1.807, 2.05) is 30.3 Å². The molecule has 7 heteroatoms. The fraction of sp³-hybridized carbons (Fsp3) is 0.250. The molecule has 27 heavy (non-hydrogen) atoms. The highest BCUT2D eigenvalue weighted by Crippen LogP contribution is 2.23. The summed E-state index contributed by atoms with van der Waals surface area (Å²) >= 11 is 7.08. The summed E-state index contributed by atoms with van der Waals surface area (Å²) in [7, 11) is 0. The summed E-state index contributed by atoms with van der Waals surface area (Å²) in [5, 5.41) is 6.83. The SMILES string of the molecule is O=C1CCCC(=O)N1c1ccc(NC(=S)NCCSc2ccccc2)cc1. The number of anilines is 2. The van der Waals surface area contributed by atoms with Gasteiger partial charge in [-0.15, -0.1) is 11.8 Å². The fourth-order valence-electron chi connectivity index (χ4n) is 2.76. The second-order valence-corrected chi connectivity index (χ2v) is 7.64. The van der Waals surface area contributed by atoms with Crippen LogP contribution in [0.25, 0.3) is 0 Å². The normalized spacial score (nSPS) is 14.1. The van der Waals surface area contributed by atoms with Crippen molar-refractivity contribution in [2.75, 3.05) is 22.5 Å². The third-order valence-corrected chi connectivity index (χ3v) is 5.32. The number of rotatable bonds is 6. The van der Waals surface area contributed by atoms with Gasteiger partial charge in [0.2, 0.25) is 11.8 Å². The summed E-state index contributed by atoms with van der Waals surface area (Å²) < 4.78 is 0. The Morgan fingerprint density at radius 3 is 2.33 bits per heavy atom. The van der Waals surface area contributed by atoms with Crippen molar-refractivity contribution in [1.29, 1.82) is 0 Å². The van der Waals surface area contributed by atoms with E-state index in [2.05, 4.69) is 22.8 Å². The molecular weight excluding hydrogens is 378 g/mol. The van der Waals surface area contributed by atoms with Crippen LogP contribution in [-0.4, -0.2) is 29.2 Å². The lowest BCUT2D eigenvalue weighted by molar-refractivity contribution is -0.129. The Morgan fingerprint density at radius 1 is 1.00 bits per heavy atom. The number of carbonyl (C=O) groups excluding carboxylic acids is 2. The predicted molar refractivity (Wildman–Crippen MR) is 114 cm³/mol. The molecule has 2 amide bonds. The maximum absolute atomic E-state index is 12.0. The predicted octanol–water partition coefficient (Wildman–Crippen LogP) is 3.81. The molecule has 1 saturated heterocycles. The Labute approximate surface area is 168 Å². The van der Waals surface area contributed by atoms with Gasteiger partial charge in [-0.05, 0) is 55.0 Å². The highest BCUT2D eigenvalue weighted by atomic mass is 32.2. The molecule has 0 radical (unpaired) electrons. The highest BCUT2D eigenvalue weighted by Gasteiger charge is 2.27. The van der Waals surface area contributed by atoms with Crippen molar-refractivity contribution in [2.24, 2.45) is 0 Å². The van der Waals surface area contributed by atoms with Gasteiger partial charge in [-0.1, -0.05) is 18.2 Å². The highest BCUT2D eigenvalue weighted by molar-refractivity contribution is 7.99. The summed E-state index contributed by atoms with van der Waals surface area (Å²) in [6, 6.07) is 17.4. The minimum atomic E-state index is -0.139. The monoisotopic (exact) mass is 399 g/mol. The number of imide groups is 1. The van der Waals surface area contributed by atoms with E-state index in [4.69, 9.17) is 12.2 Å². The molecule has 5 nitrogen and oxygen atoms in total. The molecule has 1 aliphatic heterocycles. The molecule has 2 aromatic carbocycles. The van der Waals surface area contributed by atoms with Crippen LogP contribution in [0, 0.1) is 0 Å². The number of amides is 2. The van der Waals surface area contributed by atoms with Crippen molar-refractivity contribution < 1.29 is 9.59 Å². The van der Waals surface area contributed by atoms with Crippen molar-refractivity contribution in [3.05, 3.63) is 54.6 Å². The molecule has 0 aromatic heterocycles. The van der Waals surface area contributed by atoms with Gasteiger partial charge >= 0.3 is 0 Å². The van der Waals surface area contributed by atoms with Crippen LogP contribution in [-0.2, 0) is 9.59 Å². The Morgan fingerprint density at radius 2 is 1.67 bits per heavy atom. The third-order valence-electron chi connectivity index (χ3n) is 4.06. The van der Waals surface area contributed by atoms with Crippen molar-refractivity contribution in [2.45, 2.75) is 24.2 Å². The zero-order valence-corrected chi connectivity index (χ0v) is 16.4. The molecule has 1 aliphatic rings. The first-order valence-corrected chi connectivity index (χ1v) is 10.2. The van der Waals surface area contributed by atoms with Gasteiger partial charge in [-0.25, -0.2) is 0 Å². The Hall–Kier alpha value is -2.38. The van der Waals surface area contributed by atoms with Crippen LogP contribution in [0.5, 0.6) is 0 Å². The largest absolute Gasteiger partial charge is 0.362 e. The molecule has 1 heterocycles. The second-order valence-electron chi connectivity index (χ2n) is 6.07. The van der Waals surface area contributed by atoms with Crippen molar-refractivity contribution in [3.8, 4) is 0 Å². The van der Waals surface area contributed by atoms with Gasteiger partial charge in [-0.2, -0.15) is 0 Å². The van der Waals surface area contributed by atoms with Crippen LogP contribution < -0.4 is 15.5 Å². The van der Waals surface area contributed by atoms with Crippen LogP contribution in [0.4, 0.5) is 11.4 Å². The molecular formula is C20H21N3O2S2. The van der Waals surface area contributed by atoms with Crippen LogP contribution in [0.1, 0.15) is 19.3 Å². The van der Waals surface area contributed by atoms with E-state index >= 15 is 0 Å². The first-order chi connectivity index (χ1) is 13.1. The zero-order chi connectivity index (χ0) is 19.1. The van der Waals surface area contributed by atoms with E-state index < -0.39 is 0 Å². The first-order valence-electron chi connectivity index (χ1n) is 8.82. The number of thiocarbonyl (C=S) groups is 1. The molecule has 0 unspecified atom stereocenters. The molecule has 0 bridgehead atoms. The van der Waals surface area contributed by atoms with Gasteiger partial charge in [0.25, 0.3) is 0 Å². The van der Waals surface area contributed by atoms with E-state index in [0.29, 0.717) is 30.1 Å². The van der Waals surface area contributed by atoms with Gasteiger partial charge in [0.1, 0.15) is 0 Å². The Bertz CT molecular complexity index is 794. The minimum Gasteiger partial charge on any atom is -0.362 e. The average molecular weight is 400 g/mol. The van der Waals surface area contributed by atoms with Crippen molar-refractivity contribution >= 4 is 52.3 Å². The molecule has 140 valence electrons. The number of hydrogen-bond acceptors (Lipinski definition) is 4. The summed E-state index contributed by atoms with van der Waals surface area (Å²) in [5.74, 6) is 0.629. The van der Waals surface area contributed by atoms with E-state index in [1.165, 1.54) is 9.80 Å². The van der Waals surface area contributed by atoms with Gasteiger partial charge in [0.05, 0.1) is 5.69 Å². The first kappa shape index (κ1) is 19.4. The van der Waals surface area contributed by atoms with Gasteiger partial charge in [0.15, 0.2) is 5.11 Å². The lowest BCUT2D eigenvalue weighted by atomic mass is 10.1. The van der Waals surface area contributed by atoms with E-state index in [1.54, 1.807) is 23.9 Å². The molecule has 0 saturated carbocycles. The zero-order valence-electron chi connectivity index (χ0n) is 14.8. The molecule has 0 atom stereocenters. The molecule has 1 fully saturated rings. The van der Waals surface area contributed by atoms with Gasteiger partial charge in [-0.3, -0.25) is 14.5 Å². The van der Waals surface area contributed by atoms with Crippen LogP contribution in [0.15, 0.2) is 59.5 Å². The molecule has 3 rings (SSSR count). The topological polar surface area (TPSA) is 61.4 Å². The fourth-order valence-corrected chi connectivity index (χ4v) is 3.77. The number of benzene rings is 2. The number of nitrogens with zero attached hydrogens (tertiary/aromatic N) is 1. The van der Waals surface area contributed by atoms with Gasteiger partial charge in [0, 0.05) is 35.7 Å². The van der Waals surface area contributed by atoms with Crippen molar-refractivity contribution in [1.82, 2.24) is 5.32 Å². The van der Waals surface area contributed by atoms with Crippen molar-refractivity contribution in [3.63, 3.8) is 0 Å². The van der Waals surface area contributed by atoms with E-state index in [-0.39, 0.29) is 11.8 Å². The molecule has 2 aromatic rings. The number of nitrogens with one attached hydrogen (secondary N) is 2. The maximum atomic E-state index is 12.0. The number of carbonyl (C=O) groups is 2. The summed E-state index contributed by atoms with van der Waals surface area (Å²) in [5.41, 5.74) is 1.41. The van der Waals surface area contributed by atoms with Crippen LogP contribution in [0.3, 0.4) is 0 Å². The molecule has 0 aliphatic carbocycles. The number of hydrogen-bond donors (Lipinski definition) is 2. The maximum Gasteiger partial charge on any atom is 0.233 e. The smallest absolute Gasteiger partial charge is 0.233 e.